The van der Waals surface area contributed by atoms with Crippen LogP contribution in [0.5, 0.6) is 0 Å². The van der Waals surface area contributed by atoms with Crippen molar-refractivity contribution in [3.8, 4) is 0 Å². The van der Waals surface area contributed by atoms with Gasteiger partial charge >= 0.3 is 0 Å². The first-order chi connectivity index (χ1) is 12.2. The van der Waals surface area contributed by atoms with Crippen LogP contribution in [0.3, 0.4) is 0 Å². The highest BCUT2D eigenvalue weighted by Crippen LogP contribution is 2.26. The molecule has 0 radical (unpaired) electrons. The third-order valence-electron chi connectivity index (χ3n) is 4.27. The van der Waals surface area contributed by atoms with Crippen molar-refractivity contribution in [3.63, 3.8) is 0 Å². The first-order valence-electron chi connectivity index (χ1n) is 8.70. The van der Waals surface area contributed by atoms with E-state index in [1.165, 1.54) is 11.1 Å². The van der Waals surface area contributed by atoms with Crippen LogP contribution >= 0.6 is 0 Å². The number of nitrogens with one attached hydrogen (secondary N) is 2. The Kier molecular flexibility index (Phi) is 6.04. The standard InChI is InChI=1S/C20H25N3O2/c1-16-6-8-17(9-7-16)14-21-15-20(24)22-18-4-2-3-5-19(18)23-10-12-25-13-11-23/h2-9,21H,10-15H2,1H3,(H,22,24). The number of benzene rings is 2. The van der Waals surface area contributed by atoms with E-state index >= 15 is 0 Å². The Morgan fingerprint density at radius 3 is 2.56 bits per heavy atom. The van der Waals surface area contributed by atoms with Crippen molar-refractivity contribution in [3.05, 3.63) is 59.7 Å². The molecule has 25 heavy (non-hydrogen) atoms. The van der Waals surface area contributed by atoms with Gasteiger partial charge in [0.15, 0.2) is 0 Å². The second kappa shape index (κ2) is 8.65. The number of morpholine rings is 1. The Labute approximate surface area is 149 Å². The Morgan fingerprint density at radius 1 is 1.08 bits per heavy atom. The predicted octanol–water partition coefficient (Wildman–Crippen LogP) is 2.56. The van der Waals surface area contributed by atoms with E-state index < -0.39 is 0 Å². The summed E-state index contributed by atoms with van der Waals surface area (Å²) in [5, 5.41) is 6.21. The number of carbonyl (C=O) groups is 1. The Morgan fingerprint density at radius 2 is 1.80 bits per heavy atom. The molecule has 2 aromatic carbocycles. The summed E-state index contributed by atoms with van der Waals surface area (Å²) in [6.07, 6.45) is 0. The Hall–Kier alpha value is -2.37. The van der Waals surface area contributed by atoms with Gasteiger partial charge in [0, 0.05) is 19.6 Å². The van der Waals surface area contributed by atoms with Crippen molar-refractivity contribution in [1.29, 1.82) is 0 Å². The molecule has 0 bridgehead atoms. The molecule has 2 N–H and O–H groups in total. The molecule has 2 aromatic rings. The number of amides is 1. The van der Waals surface area contributed by atoms with Gasteiger partial charge in [-0.05, 0) is 24.6 Å². The maximum Gasteiger partial charge on any atom is 0.238 e. The predicted molar refractivity (Wildman–Crippen MR) is 101 cm³/mol. The van der Waals surface area contributed by atoms with Crippen LogP contribution in [0.25, 0.3) is 0 Å². The monoisotopic (exact) mass is 339 g/mol. The molecule has 1 aliphatic rings. The van der Waals surface area contributed by atoms with Gasteiger partial charge in [0.1, 0.15) is 0 Å². The van der Waals surface area contributed by atoms with Gasteiger partial charge in [0.25, 0.3) is 0 Å². The lowest BCUT2D eigenvalue weighted by Gasteiger charge is -2.30. The first-order valence-corrected chi connectivity index (χ1v) is 8.70. The van der Waals surface area contributed by atoms with Crippen molar-refractivity contribution in [2.45, 2.75) is 13.5 Å². The van der Waals surface area contributed by atoms with E-state index in [2.05, 4.69) is 46.7 Å². The molecule has 0 saturated carbocycles. The van der Waals surface area contributed by atoms with Crippen LogP contribution in [0, 0.1) is 6.92 Å². The highest BCUT2D eigenvalue weighted by Gasteiger charge is 2.15. The number of aryl methyl sites for hydroxylation is 1. The Balaban J connectivity index is 1.53. The highest BCUT2D eigenvalue weighted by atomic mass is 16.5. The fraction of sp³-hybridized carbons (Fsp3) is 0.350. The second-order valence-corrected chi connectivity index (χ2v) is 6.25. The average Bonchev–Trinajstić information content (AvgIpc) is 2.64. The number of hydrogen-bond donors (Lipinski definition) is 2. The number of rotatable bonds is 6. The molecule has 5 nitrogen and oxygen atoms in total. The third kappa shape index (κ3) is 5.05. The summed E-state index contributed by atoms with van der Waals surface area (Å²) in [5.41, 5.74) is 4.32. The summed E-state index contributed by atoms with van der Waals surface area (Å²) < 4.78 is 5.41. The maximum absolute atomic E-state index is 12.3. The molecule has 1 fully saturated rings. The van der Waals surface area contributed by atoms with Crippen LogP contribution in [0.2, 0.25) is 0 Å². The number of carbonyl (C=O) groups excluding carboxylic acids is 1. The molecule has 0 aromatic heterocycles. The second-order valence-electron chi connectivity index (χ2n) is 6.25. The molecule has 0 aliphatic carbocycles. The third-order valence-corrected chi connectivity index (χ3v) is 4.27. The fourth-order valence-corrected chi connectivity index (χ4v) is 2.88. The smallest absolute Gasteiger partial charge is 0.238 e. The van der Waals surface area contributed by atoms with Crippen molar-refractivity contribution >= 4 is 17.3 Å². The lowest BCUT2D eigenvalue weighted by molar-refractivity contribution is -0.115. The molecule has 0 spiro atoms. The zero-order valence-corrected chi connectivity index (χ0v) is 14.6. The zero-order chi connectivity index (χ0) is 17.5. The van der Waals surface area contributed by atoms with Crippen LogP contribution in [0.4, 0.5) is 11.4 Å². The van der Waals surface area contributed by atoms with Gasteiger partial charge in [-0.2, -0.15) is 0 Å². The molecule has 132 valence electrons. The largest absolute Gasteiger partial charge is 0.378 e. The molecule has 1 amide bonds. The summed E-state index contributed by atoms with van der Waals surface area (Å²) in [6, 6.07) is 16.2. The summed E-state index contributed by atoms with van der Waals surface area (Å²) in [7, 11) is 0. The SMILES string of the molecule is Cc1ccc(CNCC(=O)Nc2ccccc2N2CCOCC2)cc1. The van der Waals surface area contributed by atoms with Crippen molar-refractivity contribution < 1.29 is 9.53 Å². The van der Waals surface area contributed by atoms with Crippen molar-refractivity contribution in [1.82, 2.24) is 5.32 Å². The number of anilines is 2. The van der Waals surface area contributed by atoms with Gasteiger partial charge in [-0.25, -0.2) is 0 Å². The molecule has 0 atom stereocenters. The summed E-state index contributed by atoms with van der Waals surface area (Å²) >= 11 is 0. The van der Waals surface area contributed by atoms with E-state index in [4.69, 9.17) is 4.74 Å². The molecule has 1 heterocycles. The van der Waals surface area contributed by atoms with Gasteiger partial charge < -0.3 is 20.3 Å². The van der Waals surface area contributed by atoms with Crippen LogP contribution < -0.4 is 15.5 Å². The summed E-state index contributed by atoms with van der Waals surface area (Å²) in [5.74, 6) is -0.0344. The van der Waals surface area contributed by atoms with Crippen molar-refractivity contribution in [2.24, 2.45) is 0 Å². The van der Waals surface area contributed by atoms with E-state index in [0.717, 1.165) is 37.7 Å². The van der Waals surface area contributed by atoms with Gasteiger partial charge in [-0.3, -0.25) is 4.79 Å². The molecule has 0 unspecified atom stereocenters. The Bertz CT molecular complexity index is 694. The molecule has 3 rings (SSSR count). The van der Waals surface area contributed by atoms with E-state index in [1.807, 2.05) is 24.3 Å². The minimum Gasteiger partial charge on any atom is -0.378 e. The number of ether oxygens (including phenoxy) is 1. The summed E-state index contributed by atoms with van der Waals surface area (Å²) in [6.45, 7) is 6.17. The van der Waals surface area contributed by atoms with Gasteiger partial charge in [0.05, 0.1) is 31.1 Å². The van der Waals surface area contributed by atoms with Crippen LogP contribution in [-0.4, -0.2) is 38.8 Å². The molecule has 1 saturated heterocycles. The number of para-hydroxylation sites is 2. The summed E-state index contributed by atoms with van der Waals surface area (Å²) in [4.78, 5) is 14.5. The van der Waals surface area contributed by atoms with E-state index in [-0.39, 0.29) is 12.5 Å². The topological polar surface area (TPSA) is 53.6 Å². The number of hydrogen-bond acceptors (Lipinski definition) is 4. The minimum absolute atomic E-state index is 0.0344. The van der Waals surface area contributed by atoms with E-state index in [0.29, 0.717) is 6.54 Å². The lowest BCUT2D eigenvalue weighted by Crippen LogP contribution is -2.37. The van der Waals surface area contributed by atoms with E-state index in [1.54, 1.807) is 0 Å². The van der Waals surface area contributed by atoms with Crippen LogP contribution in [-0.2, 0) is 16.1 Å². The fourth-order valence-electron chi connectivity index (χ4n) is 2.88. The van der Waals surface area contributed by atoms with Gasteiger partial charge in [-0.15, -0.1) is 0 Å². The molecule has 1 aliphatic heterocycles. The average molecular weight is 339 g/mol. The number of nitrogens with zero attached hydrogens (tertiary/aromatic N) is 1. The quantitative estimate of drug-likeness (QED) is 0.849. The van der Waals surface area contributed by atoms with Crippen molar-refractivity contribution in [2.75, 3.05) is 43.1 Å². The van der Waals surface area contributed by atoms with Crippen LogP contribution in [0.1, 0.15) is 11.1 Å². The first kappa shape index (κ1) is 17.5. The molecule has 5 heteroatoms. The molecular formula is C20H25N3O2. The maximum atomic E-state index is 12.3. The lowest BCUT2D eigenvalue weighted by atomic mass is 10.1. The van der Waals surface area contributed by atoms with E-state index in [9.17, 15) is 4.79 Å². The molecular weight excluding hydrogens is 314 g/mol. The van der Waals surface area contributed by atoms with Gasteiger partial charge in [0.2, 0.25) is 5.91 Å². The zero-order valence-electron chi connectivity index (χ0n) is 14.6. The van der Waals surface area contributed by atoms with Crippen LogP contribution in [0.15, 0.2) is 48.5 Å². The van der Waals surface area contributed by atoms with Gasteiger partial charge in [-0.1, -0.05) is 42.0 Å². The minimum atomic E-state index is -0.0344. The normalized spacial score (nSPS) is 14.4. The highest BCUT2D eigenvalue weighted by molar-refractivity contribution is 5.95.